The van der Waals surface area contributed by atoms with Crippen molar-refractivity contribution in [2.75, 3.05) is 26.3 Å². The Labute approximate surface area is 276 Å². The van der Waals surface area contributed by atoms with Gasteiger partial charge in [0.25, 0.3) is 0 Å². The largest absolute Gasteiger partial charge is 0.491 e. The topological polar surface area (TPSA) is 104 Å². The summed E-state index contributed by atoms with van der Waals surface area (Å²) in [6, 6.07) is 17.8. The van der Waals surface area contributed by atoms with Gasteiger partial charge in [0.05, 0.1) is 23.9 Å². The molecule has 0 bridgehead atoms. The third kappa shape index (κ3) is 5.12. The average Bonchev–Trinajstić information content (AvgIpc) is 3.35. The van der Waals surface area contributed by atoms with Gasteiger partial charge in [0.1, 0.15) is 12.4 Å². The second-order valence-corrected chi connectivity index (χ2v) is 14.3. The Hall–Kier alpha value is -3.88. The van der Waals surface area contributed by atoms with Crippen molar-refractivity contribution in [3.8, 4) is 5.75 Å². The van der Waals surface area contributed by atoms with Crippen LogP contribution in [0.25, 0.3) is 0 Å². The first kappa shape index (κ1) is 31.7. The molecule has 2 aromatic rings. The van der Waals surface area contributed by atoms with Crippen LogP contribution >= 0.6 is 0 Å². The maximum atomic E-state index is 14.4. The molecular weight excluding hydrogens is 592 g/mol. The van der Waals surface area contributed by atoms with Crippen LogP contribution in [0, 0.1) is 29.1 Å². The van der Waals surface area contributed by atoms with E-state index in [1.54, 1.807) is 18.7 Å². The van der Waals surface area contributed by atoms with Crippen LogP contribution < -0.4 is 4.74 Å². The summed E-state index contributed by atoms with van der Waals surface area (Å²) in [5.41, 5.74) is 3.14. The fraction of sp³-hybridized carbons (Fsp3) is 0.487. The molecule has 0 radical (unpaired) electrons. The van der Waals surface area contributed by atoms with Crippen molar-refractivity contribution < 1.29 is 29.0 Å². The van der Waals surface area contributed by atoms with Crippen LogP contribution in [-0.4, -0.2) is 70.6 Å². The maximum absolute atomic E-state index is 14.4. The number of rotatable bonds is 7. The van der Waals surface area contributed by atoms with Gasteiger partial charge < -0.3 is 9.84 Å². The van der Waals surface area contributed by atoms with E-state index in [0.717, 1.165) is 43.6 Å². The number of benzene rings is 2. The number of amides is 2. The minimum absolute atomic E-state index is 0.0237. The highest BCUT2D eigenvalue weighted by molar-refractivity contribution is 6.16. The molecule has 2 aliphatic heterocycles. The molecule has 7 rings (SSSR count). The van der Waals surface area contributed by atoms with Crippen molar-refractivity contribution in [3.05, 3.63) is 88.5 Å². The third-order valence-electron chi connectivity index (χ3n) is 11.9. The lowest BCUT2D eigenvalue weighted by atomic mass is 9.46. The van der Waals surface area contributed by atoms with Crippen LogP contribution in [0.15, 0.2) is 77.4 Å². The monoisotopic (exact) mass is 636 g/mol. The Morgan fingerprint density at radius 2 is 1.60 bits per heavy atom. The molecule has 47 heavy (non-hydrogen) atoms. The zero-order chi connectivity index (χ0) is 33.0. The normalized spacial score (nSPS) is 31.4. The average molecular weight is 637 g/mol. The highest BCUT2D eigenvalue weighted by atomic mass is 16.5. The van der Waals surface area contributed by atoms with Crippen molar-refractivity contribution >= 4 is 23.4 Å². The van der Waals surface area contributed by atoms with Crippen LogP contribution in [-0.2, 0) is 25.7 Å². The minimum atomic E-state index is -1.01. The van der Waals surface area contributed by atoms with Gasteiger partial charge >= 0.3 is 0 Å². The summed E-state index contributed by atoms with van der Waals surface area (Å²) in [6.45, 7) is 7.98. The molecule has 0 aromatic heterocycles. The van der Waals surface area contributed by atoms with Crippen molar-refractivity contribution in [2.45, 2.75) is 65.0 Å². The Kier molecular flexibility index (Phi) is 8.29. The van der Waals surface area contributed by atoms with Gasteiger partial charge in [-0.2, -0.15) is 0 Å². The van der Waals surface area contributed by atoms with Crippen molar-refractivity contribution in [2.24, 2.45) is 29.1 Å². The SMILES string of the molecule is CC1=C(C)C(=O)[C@@]2(C)[C@@H](c3ccc(OCCO)cc3)C3=CC[C@@H]4C(=O)N(C5CCN(Cc6ccccc6)CC5)C(=O)[C@@H]4[C@@H]3C[C@H]2C1=O. The molecule has 2 amide bonds. The lowest BCUT2D eigenvalue weighted by molar-refractivity contribution is -0.145. The van der Waals surface area contributed by atoms with Gasteiger partial charge in [0.15, 0.2) is 11.6 Å². The number of hydrogen-bond acceptors (Lipinski definition) is 7. The molecule has 0 spiro atoms. The number of likely N-dealkylation sites (tertiary alicyclic amines) is 2. The van der Waals surface area contributed by atoms with E-state index in [9.17, 15) is 24.3 Å². The van der Waals surface area contributed by atoms with Crippen molar-refractivity contribution in [1.29, 1.82) is 0 Å². The number of hydrogen-bond donors (Lipinski definition) is 1. The number of piperidine rings is 1. The number of allylic oxidation sites excluding steroid dienone is 4. The van der Waals surface area contributed by atoms with Crippen LogP contribution in [0.3, 0.4) is 0 Å². The number of aliphatic hydroxyl groups is 1. The van der Waals surface area contributed by atoms with Crippen LogP contribution in [0.2, 0.25) is 0 Å². The number of ketones is 2. The van der Waals surface area contributed by atoms with E-state index in [4.69, 9.17) is 4.74 Å². The first-order valence-electron chi connectivity index (χ1n) is 17.1. The predicted molar refractivity (Wildman–Crippen MR) is 176 cm³/mol. The van der Waals surface area contributed by atoms with Gasteiger partial charge in [-0.25, -0.2) is 0 Å². The van der Waals surface area contributed by atoms with Crippen molar-refractivity contribution in [3.63, 3.8) is 0 Å². The van der Waals surface area contributed by atoms with Gasteiger partial charge in [0.2, 0.25) is 11.8 Å². The summed E-state index contributed by atoms with van der Waals surface area (Å²) < 4.78 is 5.61. The minimum Gasteiger partial charge on any atom is -0.491 e. The summed E-state index contributed by atoms with van der Waals surface area (Å²) in [4.78, 5) is 60.7. The summed E-state index contributed by atoms with van der Waals surface area (Å²) in [5, 5.41) is 9.20. The van der Waals surface area contributed by atoms with Crippen LogP contribution in [0.5, 0.6) is 5.75 Å². The number of fused-ring (bicyclic) bond motifs is 4. The van der Waals surface area contributed by atoms with E-state index in [2.05, 4.69) is 23.1 Å². The Balaban J connectivity index is 1.19. The second-order valence-electron chi connectivity index (χ2n) is 14.3. The molecule has 3 fully saturated rings. The van der Waals surface area contributed by atoms with Gasteiger partial charge in [-0.05, 0) is 79.9 Å². The number of aliphatic hydroxyl groups excluding tert-OH is 1. The smallest absolute Gasteiger partial charge is 0.233 e. The molecule has 1 saturated carbocycles. The van der Waals surface area contributed by atoms with Crippen LogP contribution in [0.1, 0.15) is 63.5 Å². The summed E-state index contributed by atoms with van der Waals surface area (Å²) in [6.07, 6.45) is 4.45. The fourth-order valence-electron chi connectivity index (χ4n) is 9.44. The van der Waals surface area contributed by atoms with Crippen molar-refractivity contribution in [1.82, 2.24) is 9.80 Å². The molecule has 2 saturated heterocycles. The predicted octanol–water partition coefficient (Wildman–Crippen LogP) is 4.87. The van der Waals surface area contributed by atoms with Gasteiger partial charge in [-0.3, -0.25) is 29.0 Å². The van der Waals surface area contributed by atoms with E-state index < -0.39 is 29.1 Å². The zero-order valence-corrected chi connectivity index (χ0v) is 27.5. The number of carbonyl (C=O) groups is 4. The first-order chi connectivity index (χ1) is 22.6. The molecule has 2 heterocycles. The van der Waals surface area contributed by atoms with Gasteiger partial charge in [0, 0.05) is 37.5 Å². The molecule has 3 aliphatic carbocycles. The summed E-state index contributed by atoms with van der Waals surface area (Å²) in [7, 11) is 0. The first-order valence-corrected chi connectivity index (χ1v) is 17.1. The number of Topliss-reactive ketones (excluding diaryl/α,β-unsaturated/α-hetero) is 2. The number of carbonyl (C=O) groups excluding carboxylic acids is 4. The molecule has 5 aliphatic rings. The fourth-order valence-corrected chi connectivity index (χ4v) is 9.44. The third-order valence-corrected chi connectivity index (χ3v) is 11.9. The van der Waals surface area contributed by atoms with E-state index >= 15 is 0 Å². The Morgan fingerprint density at radius 3 is 2.28 bits per heavy atom. The van der Waals surface area contributed by atoms with Crippen LogP contribution in [0.4, 0.5) is 0 Å². The molecule has 246 valence electrons. The number of imide groups is 1. The number of nitrogens with zero attached hydrogens (tertiary/aromatic N) is 2. The molecule has 1 N–H and O–H groups in total. The zero-order valence-electron chi connectivity index (χ0n) is 27.5. The molecule has 8 heteroatoms. The molecule has 0 unspecified atom stereocenters. The van der Waals surface area contributed by atoms with Gasteiger partial charge in [-0.1, -0.05) is 61.0 Å². The highest BCUT2D eigenvalue weighted by Crippen LogP contribution is 2.63. The lowest BCUT2D eigenvalue weighted by Crippen LogP contribution is -2.55. The molecular formula is C39H44N2O6. The molecule has 6 atom stereocenters. The molecule has 2 aromatic carbocycles. The van der Waals surface area contributed by atoms with E-state index in [0.29, 0.717) is 29.7 Å². The lowest BCUT2D eigenvalue weighted by Gasteiger charge is -2.54. The van der Waals surface area contributed by atoms with Gasteiger partial charge in [-0.15, -0.1) is 0 Å². The second kappa shape index (κ2) is 12.3. The molecule has 8 nitrogen and oxygen atoms in total. The van der Waals surface area contributed by atoms with E-state index in [1.165, 1.54) is 5.56 Å². The Morgan fingerprint density at radius 1 is 0.894 bits per heavy atom. The highest BCUT2D eigenvalue weighted by Gasteiger charge is 2.64. The summed E-state index contributed by atoms with van der Waals surface area (Å²) in [5.74, 6) is -1.91. The Bertz CT molecular complexity index is 1650. The van der Waals surface area contributed by atoms with E-state index in [-0.39, 0.29) is 48.6 Å². The summed E-state index contributed by atoms with van der Waals surface area (Å²) >= 11 is 0. The number of ether oxygens (including phenoxy) is 1. The maximum Gasteiger partial charge on any atom is 0.233 e. The standard InChI is InChI=1S/C39H44N2O6/c1-23-24(2)36(44)39(3)32(35(23)43)21-31-29(34(39)26-9-11-28(12-10-26)47-20-19-42)13-14-30-33(31)38(46)41(37(30)45)27-15-17-40(18-16-27)22-25-7-5-4-6-8-25/h4-13,27,30-34,42H,14-22H2,1-3H3/t30-,31+,32-,33-,34-,39+/m0/s1. The van der Waals surface area contributed by atoms with E-state index in [1.807, 2.05) is 49.4 Å². The quantitative estimate of drug-likeness (QED) is 0.342.